The summed E-state index contributed by atoms with van der Waals surface area (Å²) in [6.07, 6.45) is 4.20. The monoisotopic (exact) mass is 426 g/mol. The largest absolute Gasteiger partial charge is 0.0924 e. The van der Waals surface area contributed by atoms with Gasteiger partial charge in [0.1, 0.15) is 0 Å². The average Bonchev–Trinajstić information content (AvgIpc) is 3.11. The molecule has 29 heavy (non-hydrogen) atoms. The summed E-state index contributed by atoms with van der Waals surface area (Å²) in [6.45, 7) is 17.5. The van der Waals surface area contributed by atoms with E-state index in [4.69, 9.17) is 0 Å². The highest BCUT2D eigenvalue weighted by Crippen LogP contribution is 2.67. The molecule has 0 bridgehead atoms. The van der Waals surface area contributed by atoms with Crippen LogP contribution in [0.5, 0.6) is 0 Å². The lowest BCUT2D eigenvalue weighted by molar-refractivity contribution is 0.527. The van der Waals surface area contributed by atoms with Crippen molar-refractivity contribution in [3.05, 3.63) is 60.7 Å². The Kier molecular flexibility index (Phi) is 7.29. The van der Waals surface area contributed by atoms with Gasteiger partial charge in [0.15, 0.2) is 0 Å². The molecule has 0 nitrogen and oxygen atoms in total. The van der Waals surface area contributed by atoms with Crippen LogP contribution < -0.4 is 10.6 Å². The molecule has 0 radical (unpaired) electrons. The lowest BCUT2D eigenvalue weighted by atomic mass is 10.0. The molecule has 0 spiro atoms. The van der Waals surface area contributed by atoms with Gasteiger partial charge in [-0.15, -0.1) is 0 Å². The second-order valence-electron chi connectivity index (χ2n) is 10.7. The molecule has 1 aliphatic rings. The highest BCUT2D eigenvalue weighted by atomic mass is 31.1. The molecule has 1 fully saturated rings. The third-order valence-corrected chi connectivity index (χ3v) is 13.5. The fourth-order valence-corrected chi connectivity index (χ4v) is 14.6. The van der Waals surface area contributed by atoms with Gasteiger partial charge in [-0.3, -0.25) is 0 Å². The first-order chi connectivity index (χ1) is 13.6. The van der Waals surface area contributed by atoms with Crippen LogP contribution >= 0.6 is 15.8 Å². The van der Waals surface area contributed by atoms with Crippen LogP contribution in [-0.2, 0) is 0 Å². The zero-order chi connectivity index (χ0) is 21.2. The van der Waals surface area contributed by atoms with Gasteiger partial charge >= 0.3 is 0 Å². The van der Waals surface area contributed by atoms with Crippen LogP contribution in [0.15, 0.2) is 60.7 Å². The van der Waals surface area contributed by atoms with Crippen LogP contribution in [0.2, 0.25) is 0 Å². The minimum absolute atomic E-state index is 0.0938. The van der Waals surface area contributed by atoms with E-state index in [1.807, 2.05) is 0 Å². The Morgan fingerprint density at radius 1 is 0.724 bits per heavy atom. The second kappa shape index (κ2) is 9.20. The van der Waals surface area contributed by atoms with Gasteiger partial charge in [0.2, 0.25) is 0 Å². The van der Waals surface area contributed by atoms with Crippen molar-refractivity contribution in [3.8, 4) is 0 Å². The molecule has 3 atom stereocenters. The summed E-state index contributed by atoms with van der Waals surface area (Å²) in [5.41, 5.74) is 1.61. The Morgan fingerprint density at radius 3 is 1.59 bits per heavy atom. The molecule has 2 aromatic carbocycles. The molecule has 2 aromatic rings. The Hall–Kier alpha value is -0.700. The molecule has 1 unspecified atom stereocenters. The van der Waals surface area contributed by atoms with Crippen LogP contribution in [0.25, 0.3) is 0 Å². The maximum atomic E-state index is 2.61. The summed E-state index contributed by atoms with van der Waals surface area (Å²) in [5, 5.41) is 3.91. The predicted molar refractivity (Wildman–Crippen MR) is 136 cm³/mol. The molecule has 0 heterocycles. The quantitative estimate of drug-likeness (QED) is 0.429. The van der Waals surface area contributed by atoms with Crippen molar-refractivity contribution >= 4 is 26.5 Å². The summed E-state index contributed by atoms with van der Waals surface area (Å²) >= 11 is 0. The first-order valence-corrected chi connectivity index (χ1v) is 14.1. The van der Waals surface area contributed by atoms with Gasteiger partial charge in [-0.1, -0.05) is 123 Å². The highest BCUT2D eigenvalue weighted by molar-refractivity contribution is 7.73. The zero-order valence-corrected chi connectivity index (χ0v) is 21.3. The lowest BCUT2D eigenvalue weighted by Crippen LogP contribution is -2.37. The molecule has 0 N–H and O–H groups in total. The van der Waals surface area contributed by atoms with Crippen LogP contribution in [0.4, 0.5) is 0 Å². The molecule has 158 valence electrons. The van der Waals surface area contributed by atoms with Crippen molar-refractivity contribution < 1.29 is 0 Å². The molecule has 1 saturated carbocycles. The van der Waals surface area contributed by atoms with Crippen molar-refractivity contribution in [3.63, 3.8) is 0 Å². The van der Waals surface area contributed by atoms with Crippen LogP contribution in [-0.4, -0.2) is 21.6 Å². The minimum atomic E-state index is -0.310. The predicted octanol–water partition coefficient (Wildman–Crippen LogP) is 7.76. The van der Waals surface area contributed by atoms with Gasteiger partial charge in [0.25, 0.3) is 0 Å². The molecule has 2 heteroatoms. The van der Waals surface area contributed by atoms with Crippen LogP contribution in [0, 0.1) is 5.92 Å². The maximum Gasteiger partial charge on any atom is -0.00945 e. The summed E-state index contributed by atoms with van der Waals surface area (Å²) < 4.78 is 0. The first kappa shape index (κ1) is 23.0. The van der Waals surface area contributed by atoms with Crippen molar-refractivity contribution in [2.75, 3.05) is 0 Å². The third-order valence-electron chi connectivity index (χ3n) is 6.40. The Morgan fingerprint density at radius 2 is 1.17 bits per heavy atom. The van der Waals surface area contributed by atoms with E-state index in [0.717, 1.165) is 17.2 Å². The van der Waals surface area contributed by atoms with E-state index in [2.05, 4.69) is 109 Å². The Labute approximate surface area is 182 Å². The van der Waals surface area contributed by atoms with Crippen LogP contribution in [0.3, 0.4) is 0 Å². The second-order valence-corrected chi connectivity index (χ2v) is 17.3. The molecular weight excluding hydrogens is 386 g/mol. The van der Waals surface area contributed by atoms with Crippen molar-refractivity contribution in [2.24, 2.45) is 5.92 Å². The Balaban J connectivity index is 2.00. The molecule has 3 rings (SSSR count). The minimum Gasteiger partial charge on any atom is -0.0924 e. The molecule has 0 amide bonds. The third kappa shape index (κ3) is 5.32. The fourth-order valence-electron chi connectivity index (χ4n) is 5.98. The number of rotatable bonds is 5. The van der Waals surface area contributed by atoms with E-state index in [1.165, 1.54) is 19.3 Å². The van der Waals surface area contributed by atoms with Crippen LogP contribution in [0.1, 0.15) is 67.7 Å². The first-order valence-electron chi connectivity index (χ1n) is 11.3. The standard InChI is InChI=1S/C27H40P2/c1-21(29(26(2,3)4)27(5,6)7)24-19-14-20-25(24)28(22-15-10-8-11-16-22)23-17-12-9-13-18-23/h8-13,15-18,21,24-25H,14,19-20H2,1-7H3/t21-,24+,25?/m1/s1. The highest BCUT2D eigenvalue weighted by Gasteiger charge is 2.46. The molecule has 0 aromatic heterocycles. The summed E-state index contributed by atoms with van der Waals surface area (Å²) in [4.78, 5) is 0. The smallest absolute Gasteiger partial charge is 0.00945 e. The van der Waals surface area contributed by atoms with Gasteiger partial charge in [0, 0.05) is 0 Å². The van der Waals surface area contributed by atoms with Crippen molar-refractivity contribution in [1.29, 1.82) is 0 Å². The van der Waals surface area contributed by atoms with Gasteiger partial charge in [-0.25, -0.2) is 0 Å². The SMILES string of the molecule is C[C@H]([C@@H]1CCCC1P(c1ccccc1)c1ccccc1)P(C(C)(C)C)C(C)(C)C. The molecule has 0 saturated heterocycles. The van der Waals surface area contributed by atoms with E-state index in [1.54, 1.807) is 10.6 Å². The van der Waals surface area contributed by atoms with Crippen molar-refractivity contribution in [1.82, 2.24) is 0 Å². The molecular formula is C27H40P2. The average molecular weight is 427 g/mol. The number of benzene rings is 2. The molecule has 0 aliphatic heterocycles. The van der Waals surface area contributed by atoms with Gasteiger partial charge in [-0.05, 0) is 58.9 Å². The fraction of sp³-hybridized carbons (Fsp3) is 0.556. The van der Waals surface area contributed by atoms with E-state index < -0.39 is 0 Å². The number of hydrogen-bond donors (Lipinski definition) is 0. The lowest BCUT2D eigenvalue weighted by Gasteiger charge is -2.49. The normalized spacial score (nSPS) is 21.7. The topological polar surface area (TPSA) is 0 Å². The van der Waals surface area contributed by atoms with Gasteiger partial charge < -0.3 is 0 Å². The van der Waals surface area contributed by atoms with E-state index >= 15 is 0 Å². The zero-order valence-electron chi connectivity index (χ0n) is 19.5. The van der Waals surface area contributed by atoms with E-state index in [9.17, 15) is 0 Å². The maximum absolute atomic E-state index is 2.61. The van der Waals surface area contributed by atoms with Gasteiger partial charge in [0.05, 0.1) is 0 Å². The molecule has 1 aliphatic carbocycles. The van der Waals surface area contributed by atoms with Crippen molar-refractivity contribution in [2.45, 2.75) is 89.4 Å². The summed E-state index contributed by atoms with van der Waals surface area (Å²) in [5.74, 6) is 0.839. The Bertz CT molecular complexity index is 701. The number of hydrogen-bond acceptors (Lipinski definition) is 0. The van der Waals surface area contributed by atoms with Gasteiger partial charge in [-0.2, -0.15) is 0 Å². The summed E-state index contributed by atoms with van der Waals surface area (Å²) in [6, 6.07) is 22.8. The van der Waals surface area contributed by atoms with E-state index in [0.29, 0.717) is 10.3 Å². The summed E-state index contributed by atoms with van der Waals surface area (Å²) in [7, 11) is -0.404. The van der Waals surface area contributed by atoms with E-state index in [-0.39, 0.29) is 15.8 Å².